The first kappa shape index (κ1) is 20.8. The molecule has 1 heterocycles. The Bertz CT molecular complexity index is 1090. The van der Waals surface area contributed by atoms with E-state index in [-0.39, 0.29) is 10.3 Å². The molecule has 0 aliphatic carbocycles. The number of nitrogens with zero attached hydrogens (tertiary/aromatic N) is 1. The van der Waals surface area contributed by atoms with Crippen LogP contribution in [0.3, 0.4) is 0 Å². The molecule has 5 nitrogen and oxygen atoms in total. The van der Waals surface area contributed by atoms with Gasteiger partial charge in [-0.2, -0.15) is 4.31 Å². The molecule has 0 aromatic heterocycles. The number of rotatable bonds is 7. The number of methoxy groups -OCH3 is 1. The highest BCUT2D eigenvalue weighted by molar-refractivity contribution is 8.01. The summed E-state index contributed by atoms with van der Waals surface area (Å²) in [5.74, 6) is 2.10. The smallest absolute Gasteiger partial charge is 0.244 e. The van der Waals surface area contributed by atoms with E-state index < -0.39 is 10.0 Å². The molecule has 156 valence electrons. The number of ether oxygens (including phenoxy) is 2. The lowest BCUT2D eigenvalue weighted by Gasteiger charge is -2.24. The fourth-order valence-corrected chi connectivity index (χ4v) is 6.58. The minimum Gasteiger partial charge on any atom is -0.497 e. The molecule has 1 aliphatic heterocycles. The zero-order valence-corrected chi connectivity index (χ0v) is 18.2. The van der Waals surface area contributed by atoms with Crippen molar-refractivity contribution in [3.8, 4) is 11.5 Å². The van der Waals surface area contributed by atoms with E-state index in [9.17, 15) is 8.42 Å². The van der Waals surface area contributed by atoms with Crippen LogP contribution in [0.1, 0.15) is 16.5 Å². The molecule has 1 fully saturated rings. The topological polar surface area (TPSA) is 55.8 Å². The van der Waals surface area contributed by atoms with Gasteiger partial charge in [-0.3, -0.25) is 0 Å². The van der Waals surface area contributed by atoms with Crippen LogP contribution in [0.25, 0.3) is 0 Å². The Morgan fingerprint density at radius 3 is 2.47 bits per heavy atom. The zero-order valence-electron chi connectivity index (χ0n) is 16.6. The molecule has 1 saturated heterocycles. The number of hydrogen-bond acceptors (Lipinski definition) is 5. The molecule has 0 spiro atoms. The fraction of sp³-hybridized carbons (Fsp3) is 0.217. The normalized spacial score (nSPS) is 17.0. The summed E-state index contributed by atoms with van der Waals surface area (Å²) < 4.78 is 39.1. The minimum atomic E-state index is -3.61. The molecule has 1 atom stereocenters. The summed E-state index contributed by atoms with van der Waals surface area (Å²) in [6.07, 6.45) is 0. The van der Waals surface area contributed by atoms with Gasteiger partial charge in [-0.15, -0.1) is 11.8 Å². The highest BCUT2D eigenvalue weighted by Gasteiger charge is 2.37. The van der Waals surface area contributed by atoms with Gasteiger partial charge in [0.2, 0.25) is 10.0 Å². The van der Waals surface area contributed by atoms with E-state index in [1.807, 2.05) is 54.6 Å². The van der Waals surface area contributed by atoms with Crippen molar-refractivity contribution in [1.82, 2.24) is 4.31 Å². The Morgan fingerprint density at radius 1 is 0.967 bits per heavy atom. The Balaban J connectivity index is 1.54. The molecule has 0 saturated carbocycles. The predicted molar refractivity (Wildman–Crippen MR) is 119 cm³/mol. The summed E-state index contributed by atoms with van der Waals surface area (Å²) >= 11 is 1.62. The maximum atomic E-state index is 13.3. The molecule has 0 bridgehead atoms. The van der Waals surface area contributed by atoms with Crippen molar-refractivity contribution in [3.05, 3.63) is 90.0 Å². The van der Waals surface area contributed by atoms with Gasteiger partial charge in [0.1, 0.15) is 18.1 Å². The maximum absolute atomic E-state index is 13.3. The molecule has 30 heavy (non-hydrogen) atoms. The number of sulfonamides is 1. The summed E-state index contributed by atoms with van der Waals surface area (Å²) in [4.78, 5) is 0.271. The van der Waals surface area contributed by atoms with E-state index in [4.69, 9.17) is 9.47 Å². The van der Waals surface area contributed by atoms with E-state index in [1.165, 1.54) is 0 Å². The van der Waals surface area contributed by atoms with Gasteiger partial charge < -0.3 is 9.47 Å². The number of benzene rings is 3. The van der Waals surface area contributed by atoms with Gasteiger partial charge in [-0.25, -0.2) is 8.42 Å². The lowest BCUT2D eigenvalue weighted by molar-refractivity contribution is 0.305. The van der Waals surface area contributed by atoms with Crippen LogP contribution in [0.2, 0.25) is 0 Å². The second-order valence-electron chi connectivity index (χ2n) is 6.86. The van der Waals surface area contributed by atoms with Crippen molar-refractivity contribution < 1.29 is 17.9 Å². The van der Waals surface area contributed by atoms with Crippen molar-refractivity contribution in [3.63, 3.8) is 0 Å². The Morgan fingerprint density at radius 2 is 1.73 bits per heavy atom. The van der Waals surface area contributed by atoms with Crippen molar-refractivity contribution in [2.24, 2.45) is 0 Å². The van der Waals surface area contributed by atoms with Crippen molar-refractivity contribution in [1.29, 1.82) is 0 Å². The molecule has 3 aromatic rings. The first-order chi connectivity index (χ1) is 14.6. The van der Waals surface area contributed by atoms with Crippen molar-refractivity contribution >= 4 is 21.8 Å². The van der Waals surface area contributed by atoms with E-state index in [0.717, 1.165) is 22.6 Å². The lowest BCUT2D eigenvalue weighted by Crippen LogP contribution is -2.30. The molecular formula is C23H23NO4S2. The van der Waals surface area contributed by atoms with Gasteiger partial charge in [0.05, 0.1) is 17.4 Å². The number of hydrogen-bond donors (Lipinski definition) is 0. The van der Waals surface area contributed by atoms with Crippen molar-refractivity contribution in [2.45, 2.75) is 16.9 Å². The quantitative estimate of drug-likeness (QED) is 0.531. The molecule has 0 amide bonds. The van der Waals surface area contributed by atoms with E-state index in [1.54, 1.807) is 47.4 Å². The van der Waals surface area contributed by atoms with Crippen LogP contribution >= 0.6 is 11.8 Å². The first-order valence-corrected chi connectivity index (χ1v) is 12.1. The third-order valence-electron chi connectivity index (χ3n) is 4.91. The van der Waals surface area contributed by atoms with Crippen LogP contribution in [-0.4, -0.2) is 32.1 Å². The molecular weight excluding hydrogens is 418 g/mol. The van der Waals surface area contributed by atoms with Gasteiger partial charge in [0.15, 0.2) is 0 Å². The lowest BCUT2D eigenvalue weighted by atomic mass is 10.2. The van der Waals surface area contributed by atoms with Gasteiger partial charge >= 0.3 is 0 Å². The average molecular weight is 442 g/mol. The second kappa shape index (κ2) is 9.12. The van der Waals surface area contributed by atoms with Gasteiger partial charge in [0, 0.05) is 12.3 Å². The monoisotopic (exact) mass is 441 g/mol. The van der Waals surface area contributed by atoms with Gasteiger partial charge in [-0.1, -0.05) is 42.5 Å². The summed E-state index contributed by atoms with van der Waals surface area (Å²) in [6.45, 7) is 0.939. The van der Waals surface area contributed by atoms with E-state index >= 15 is 0 Å². The standard InChI is InChI=1S/C23H23NO4S2/c1-27-20-10-12-22(13-11-20)30(25,26)24-14-15-29-23(24)19-8-5-9-21(16-19)28-17-18-6-3-2-4-7-18/h2-13,16,23H,14-15,17H2,1H3/t23-/m1/s1. The Kier molecular flexibility index (Phi) is 6.32. The first-order valence-electron chi connectivity index (χ1n) is 9.62. The SMILES string of the molecule is COc1ccc(S(=O)(=O)N2CCS[C@@H]2c2cccc(OCc3ccccc3)c2)cc1. The Hall–Kier alpha value is -2.48. The van der Waals surface area contributed by atoms with Crippen molar-refractivity contribution in [2.75, 3.05) is 19.4 Å². The van der Waals surface area contributed by atoms with Crippen LogP contribution in [0.4, 0.5) is 0 Å². The summed E-state index contributed by atoms with van der Waals surface area (Å²) in [5, 5.41) is -0.280. The molecule has 3 aromatic carbocycles. The second-order valence-corrected chi connectivity index (χ2v) is 9.94. The van der Waals surface area contributed by atoms with Crippen LogP contribution < -0.4 is 9.47 Å². The summed E-state index contributed by atoms with van der Waals surface area (Å²) in [7, 11) is -2.05. The van der Waals surface area contributed by atoms with E-state index in [2.05, 4.69) is 0 Å². The van der Waals surface area contributed by atoms with Crippen LogP contribution in [0.5, 0.6) is 11.5 Å². The number of thioether (sulfide) groups is 1. The molecule has 4 rings (SSSR count). The van der Waals surface area contributed by atoms with Crippen LogP contribution in [0.15, 0.2) is 83.8 Å². The molecule has 1 aliphatic rings. The van der Waals surface area contributed by atoms with Gasteiger partial charge in [-0.05, 0) is 47.5 Å². The van der Waals surface area contributed by atoms with Crippen LogP contribution in [-0.2, 0) is 16.6 Å². The minimum absolute atomic E-state index is 0.271. The molecule has 0 unspecified atom stereocenters. The highest BCUT2D eigenvalue weighted by atomic mass is 32.2. The predicted octanol–water partition coefficient (Wildman–Crippen LogP) is 4.71. The average Bonchev–Trinajstić information content (AvgIpc) is 3.30. The third kappa shape index (κ3) is 4.48. The van der Waals surface area contributed by atoms with Gasteiger partial charge in [0.25, 0.3) is 0 Å². The maximum Gasteiger partial charge on any atom is 0.244 e. The largest absolute Gasteiger partial charge is 0.497 e. The molecule has 7 heteroatoms. The van der Waals surface area contributed by atoms with Crippen LogP contribution in [0, 0.1) is 0 Å². The summed E-state index contributed by atoms with van der Waals surface area (Å²) in [5.41, 5.74) is 2.00. The van der Waals surface area contributed by atoms with E-state index in [0.29, 0.717) is 18.9 Å². The zero-order chi connectivity index (χ0) is 21.0. The Labute approximate surface area is 181 Å². The highest BCUT2D eigenvalue weighted by Crippen LogP contribution is 2.42. The summed E-state index contributed by atoms with van der Waals surface area (Å²) in [6, 6.07) is 24.2. The molecule has 0 N–H and O–H groups in total. The fourth-order valence-electron chi connectivity index (χ4n) is 3.35. The third-order valence-corrected chi connectivity index (χ3v) is 8.18. The molecule has 0 radical (unpaired) electrons.